The summed E-state index contributed by atoms with van der Waals surface area (Å²) in [6, 6.07) is 0.0814. The number of hydrogen-bond donors (Lipinski definition) is 1. The third-order valence-electron chi connectivity index (χ3n) is 3.85. The van der Waals surface area contributed by atoms with Gasteiger partial charge in [-0.25, -0.2) is 8.42 Å². The maximum Gasteiger partial charge on any atom is 0.240 e. The standard InChI is InChI=1S/C12H22N2O3S/c1-2-6-13-11-3-7-14(12(11)15)10-4-8-18(16,17)9-5-10/h10-11,13H,2-9H2,1H3. The van der Waals surface area contributed by atoms with Crippen LogP contribution in [0.15, 0.2) is 0 Å². The molecular weight excluding hydrogens is 252 g/mol. The van der Waals surface area contributed by atoms with Gasteiger partial charge in [0.1, 0.15) is 9.84 Å². The quantitative estimate of drug-likeness (QED) is 0.793. The first-order chi connectivity index (χ1) is 8.53. The molecule has 18 heavy (non-hydrogen) atoms. The van der Waals surface area contributed by atoms with Crippen LogP contribution in [0.5, 0.6) is 0 Å². The Kier molecular flexibility index (Phi) is 4.27. The van der Waals surface area contributed by atoms with E-state index in [2.05, 4.69) is 12.2 Å². The fraction of sp³-hybridized carbons (Fsp3) is 0.917. The Hall–Kier alpha value is -0.620. The molecule has 6 heteroatoms. The summed E-state index contributed by atoms with van der Waals surface area (Å²) in [5.74, 6) is 0.621. The van der Waals surface area contributed by atoms with Crippen LogP contribution in [0.25, 0.3) is 0 Å². The lowest BCUT2D eigenvalue weighted by Crippen LogP contribution is -2.45. The van der Waals surface area contributed by atoms with Gasteiger partial charge >= 0.3 is 0 Å². The zero-order chi connectivity index (χ0) is 13.2. The van der Waals surface area contributed by atoms with E-state index in [-0.39, 0.29) is 29.5 Å². The van der Waals surface area contributed by atoms with E-state index in [0.717, 1.165) is 25.9 Å². The van der Waals surface area contributed by atoms with Crippen LogP contribution in [0.2, 0.25) is 0 Å². The van der Waals surface area contributed by atoms with Crippen molar-refractivity contribution in [3.05, 3.63) is 0 Å². The lowest BCUT2D eigenvalue weighted by Gasteiger charge is -2.31. The topological polar surface area (TPSA) is 66.5 Å². The molecule has 2 fully saturated rings. The van der Waals surface area contributed by atoms with Gasteiger partial charge in [0.15, 0.2) is 0 Å². The molecule has 5 nitrogen and oxygen atoms in total. The Balaban J connectivity index is 1.90. The van der Waals surface area contributed by atoms with Gasteiger partial charge in [-0.3, -0.25) is 4.79 Å². The minimum atomic E-state index is -2.84. The highest BCUT2D eigenvalue weighted by Crippen LogP contribution is 2.23. The molecule has 1 amide bonds. The zero-order valence-electron chi connectivity index (χ0n) is 10.9. The Bertz CT molecular complexity index is 394. The second kappa shape index (κ2) is 5.57. The van der Waals surface area contributed by atoms with E-state index < -0.39 is 9.84 Å². The van der Waals surface area contributed by atoms with E-state index in [1.165, 1.54) is 0 Å². The summed E-state index contributed by atoms with van der Waals surface area (Å²) in [7, 11) is -2.84. The van der Waals surface area contributed by atoms with Gasteiger partial charge in [-0.05, 0) is 32.2 Å². The second-order valence-corrected chi connectivity index (χ2v) is 7.51. The van der Waals surface area contributed by atoms with E-state index in [0.29, 0.717) is 12.8 Å². The van der Waals surface area contributed by atoms with Crippen molar-refractivity contribution < 1.29 is 13.2 Å². The summed E-state index contributed by atoms with van der Waals surface area (Å²) >= 11 is 0. The molecule has 2 aliphatic heterocycles. The number of hydrogen-bond acceptors (Lipinski definition) is 4. The lowest BCUT2D eigenvalue weighted by atomic mass is 10.1. The molecule has 2 aliphatic rings. The third kappa shape index (κ3) is 3.03. The average molecular weight is 274 g/mol. The molecule has 0 spiro atoms. The van der Waals surface area contributed by atoms with E-state index in [1.54, 1.807) is 0 Å². The number of amides is 1. The molecule has 0 radical (unpaired) electrons. The van der Waals surface area contributed by atoms with Crippen molar-refractivity contribution in [2.75, 3.05) is 24.6 Å². The van der Waals surface area contributed by atoms with Crippen LogP contribution >= 0.6 is 0 Å². The molecule has 0 saturated carbocycles. The van der Waals surface area contributed by atoms with Crippen molar-refractivity contribution >= 4 is 15.7 Å². The SMILES string of the molecule is CCCNC1CCN(C2CCS(=O)(=O)CC2)C1=O. The first-order valence-electron chi connectivity index (χ1n) is 6.78. The van der Waals surface area contributed by atoms with Gasteiger partial charge in [0.2, 0.25) is 5.91 Å². The van der Waals surface area contributed by atoms with Crippen LogP contribution in [-0.4, -0.2) is 55.9 Å². The van der Waals surface area contributed by atoms with E-state index >= 15 is 0 Å². The number of nitrogens with one attached hydrogen (secondary N) is 1. The summed E-state index contributed by atoms with van der Waals surface area (Å²) in [6.45, 7) is 3.71. The zero-order valence-corrected chi connectivity index (χ0v) is 11.7. The maximum absolute atomic E-state index is 12.2. The molecule has 2 heterocycles. The summed E-state index contributed by atoms with van der Waals surface area (Å²) in [6.07, 6.45) is 3.08. The van der Waals surface area contributed by atoms with Crippen molar-refractivity contribution in [1.29, 1.82) is 0 Å². The van der Waals surface area contributed by atoms with Crippen molar-refractivity contribution in [3.8, 4) is 0 Å². The first-order valence-corrected chi connectivity index (χ1v) is 8.60. The molecule has 1 N–H and O–H groups in total. The molecule has 104 valence electrons. The fourth-order valence-electron chi connectivity index (χ4n) is 2.76. The summed E-state index contributed by atoms with van der Waals surface area (Å²) in [4.78, 5) is 14.1. The Morgan fingerprint density at radius 3 is 2.56 bits per heavy atom. The Morgan fingerprint density at radius 2 is 1.94 bits per heavy atom. The molecule has 0 aromatic rings. The highest BCUT2D eigenvalue weighted by Gasteiger charge is 2.37. The van der Waals surface area contributed by atoms with Crippen LogP contribution in [0.3, 0.4) is 0 Å². The molecule has 0 bridgehead atoms. The maximum atomic E-state index is 12.2. The number of nitrogens with zero attached hydrogens (tertiary/aromatic N) is 1. The summed E-state index contributed by atoms with van der Waals surface area (Å²) < 4.78 is 22.8. The highest BCUT2D eigenvalue weighted by atomic mass is 32.2. The van der Waals surface area contributed by atoms with Crippen LogP contribution in [0.1, 0.15) is 32.6 Å². The van der Waals surface area contributed by atoms with E-state index in [1.807, 2.05) is 4.90 Å². The highest BCUT2D eigenvalue weighted by molar-refractivity contribution is 7.91. The van der Waals surface area contributed by atoms with Crippen LogP contribution in [0.4, 0.5) is 0 Å². The van der Waals surface area contributed by atoms with Crippen molar-refractivity contribution in [1.82, 2.24) is 10.2 Å². The number of carbonyl (C=O) groups excluding carboxylic acids is 1. The van der Waals surface area contributed by atoms with Crippen molar-refractivity contribution in [3.63, 3.8) is 0 Å². The molecular formula is C12H22N2O3S. The average Bonchev–Trinajstić information content (AvgIpc) is 2.68. The summed E-state index contributed by atoms with van der Waals surface area (Å²) in [5, 5.41) is 3.26. The molecule has 0 aromatic heterocycles. The molecule has 0 aromatic carbocycles. The minimum absolute atomic E-state index is 0.0523. The van der Waals surface area contributed by atoms with Crippen LogP contribution in [-0.2, 0) is 14.6 Å². The number of likely N-dealkylation sites (tertiary alicyclic amines) is 1. The van der Waals surface area contributed by atoms with E-state index in [9.17, 15) is 13.2 Å². The monoisotopic (exact) mass is 274 g/mol. The third-order valence-corrected chi connectivity index (χ3v) is 5.56. The molecule has 1 atom stereocenters. The summed E-state index contributed by atoms with van der Waals surface area (Å²) in [5.41, 5.74) is 0. The Labute approximate surface area is 109 Å². The van der Waals surface area contributed by atoms with Gasteiger partial charge in [-0.15, -0.1) is 0 Å². The predicted molar refractivity (Wildman–Crippen MR) is 70.1 cm³/mol. The fourth-order valence-corrected chi connectivity index (χ4v) is 4.23. The molecule has 2 rings (SSSR count). The first kappa shape index (κ1) is 13.8. The predicted octanol–water partition coefficient (Wildman–Crippen LogP) is 0.164. The van der Waals surface area contributed by atoms with Gasteiger partial charge in [0.25, 0.3) is 0 Å². The molecule has 1 unspecified atom stereocenters. The Morgan fingerprint density at radius 1 is 1.28 bits per heavy atom. The van der Waals surface area contributed by atoms with Gasteiger partial charge < -0.3 is 10.2 Å². The minimum Gasteiger partial charge on any atom is -0.338 e. The van der Waals surface area contributed by atoms with Gasteiger partial charge in [0, 0.05) is 12.6 Å². The molecule has 0 aliphatic carbocycles. The second-order valence-electron chi connectivity index (χ2n) is 5.21. The van der Waals surface area contributed by atoms with Gasteiger partial charge in [-0.2, -0.15) is 0 Å². The van der Waals surface area contributed by atoms with Gasteiger partial charge in [-0.1, -0.05) is 6.92 Å². The number of carbonyl (C=O) groups is 1. The van der Waals surface area contributed by atoms with Crippen LogP contribution < -0.4 is 5.32 Å². The lowest BCUT2D eigenvalue weighted by molar-refractivity contribution is -0.131. The number of rotatable bonds is 4. The van der Waals surface area contributed by atoms with Crippen LogP contribution in [0, 0.1) is 0 Å². The van der Waals surface area contributed by atoms with E-state index in [4.69, 9.17) is 0 Å². The smallest absolute Gasteiger partial charge is 0.240 e. The van der Waals surface area contributed by atoms with Gasteiger partial charge in [0.05, 0.1) is 17.5 Å². The normalized spacial score (nSPS) is 28.8. The molecule has 2 saturated heterocycles. The number of sulfone groups is 1. The van der Waals surface area contributed by atoms with Crippen molar-refractivity contribution in [2.24, 2.45) is 0 Å². The largest absolute Gasteiger partial charge is 0.338 e. The van der Waals surface area contributed by atoms with Crippen molar-refractivity contribution in [2.45, 2.75) is 44.7 Å².